The molecule has 0 aliphatic carbocycles. The Hall–Kier alpha value is -3.22. The van der Waals surface area contributed by atoms with Gasteiger partial charge in [0.05, 0.1) is 17.8 Å². The monoisotopic (exact) mass is 487 g/mol. The molecule has 4 heterocycles. The first-order valence-corrected chi connectivity index (χ1v) is 12.1. The number of benzene rings is 1. The van der Waals surface area contributed by atoms with Crippen LogP contribution in [0, 0.1) is 20.8 Å². The van der Waals surface area contributed by atoms with Gasteiger partial charge in [0.2, 0.25) is 0 Å². The predicted octanol–water partition coefficient (Wildman–Crippen LogP) is 6.02. The highest BCUT2D eigenvalue weighted by atomic mass is 35.5. The molecule has 1 fully saturated rings. The van der Waals surface area contributed by atoms with E-state index in [0.29, 0.717) is 6.54 Å². The van der Waals surface area contributed by atoms with E-state index in [1.807, 2.05) is 61.1 Å². The molecule has 34 heavy (non-hydrogen) atoms. The smallest absolute Gasteiger partial charge is 0.170 e. The molecule has 0 unspecified atom stereocenters. The molecule has 7 heteroatoms. The Labute approximate surface area is 210 Å². The molecular formula is C27H26ClN5S. The molecule has 1 N–H and O–H groups in total. The van der Waals surface area contributed by atoms with Crippen LogP contribution < -0.4 is 5.32 Å². The fourth-order valence-corrected chi connectivity index (χ4v) is 5.51. The highest BCUT2D eigenvalue weighted by Crippen LogP contribution is 2.44. The molecule has 1 saturated heterocycles. The van der Waals surface area contributed by atoms with Gasteiger partial charge in [0.25, 0.3) is 0 Å². The predicted molar refractivity (Wildman–Crippen MR) is 140 cm³/mol. The molecule has 172 valence electrons. The third-order valence-electron chi connectivity index (χ3n) is 6.67. The first-order chi connectivity index (χ1) is 16.5. The van der Waals surface area contributed by atoms with E-state index in [2.05, 4.69) is 57.7 Å². The molecule has 1 aliphatic rings. The van der Waals surface area contributed by atoms with Crippen molar-refractivity contribution in [3.63, 3.8) is 0 Å². The summed E-state index contributed by atoms with van der Waals surface area (Å²) in [6, 6.07) is 18.0. The van der Waals surface area contributed by atoms with Gasteiger partial charge < -0.3 is 14.8 Å². The molecule has 3 aromatic heterocycles. The lowest BCUT2D eigenvalue weighted by Gasteiger charge is -2.29. The summed E-state index contributed by atoms with van der Waals surface area (Å²) < 4.78 is 2.29. The van der Waals surface area contributed by atoms with Crippen molar-refractivity contribution >= 4 is 28.9 Å². The summed E-state index contributed by atoms with van der Waals surface area (Å²) in [5.74, 6) is 0. The van der Waals surface area contributed by atoms with Gasteiger partial charge in [-0.25, -0.2) is 0 Å². The standard InChI is InChI=1S/C27H26ClN5S/c1-17-18(2)33(22-8-6-7-21(28)15-22)19(3)24(17)26-25(23-9-4-5-12-30-23)31-27(34)32(26)16-20-10-13-29-14-11-20/h4-15,25-26H,16H2,1-3H3,(H,31,34)/t25-,26+/m0/s1. The normalized spacial score (nSPS) is 17.8. The van der Waals surface area contributed by atoms with Crippen LogP contribution in [0.1, 0.15) is 45.9 Å². The van der Waals surface area contributed by atoms with Gasteiger partial charge in [0, 0.05) is 52.8 Å². The van der Waals surface area contributed by atoms with Gasteiger partial charge in [-0.05, 0) is 86.6 Å². The largest absolute Gasteiger partial charge is 0.352 e. The second-order valence-corrected chi connectivity index (χ2v) is 9.46. The maximum absolute atomic E-state index is 6.35. The van der Waals surface area contributed by atoms with E-state index in [4.69, 9.17) is 23.8 Å². The molecule has 1 aliphatic heterocycles. The van der Waals surface area contributed by atoms with Gasteiger partial charge in [-0.2, -0.15) is 0 Å². The van der Waals surface area contributed by atoms with E-state index in [0.717, 1.165) is 27.1 Å². The van der Waals surface area contributed by atoms with Gasteiger partial charge in [-0.1, -0.05) is 23.7 Å². The van der Waals surface area contributed by atoms with Gasteiger partial charge in [-0.15, -0.1) is 0 Å². The summed E-state index contributed by atoms with van der Waals surface area (Å²) >= 11 is 12.2. The van der Waals surface area contributed by atoms with Crippen LogP contribution >= 0.6 is 23.8 Å². The lowest BCUT2D eigenvalue weighted by Crippen LogP contribution is -2.29. The number of thiocarbonyl (C=S) groups is 1. The minimum absolute atomic E-state index is 0.0188. The van der Waals surface area contributed by atoms with Gasteiger partial charge >= 0.3 is 0 Å². The summed E-state index contributed by atoms with van der Waals surface area (Å²) in [6.07, 6.45) is 5.48. The van der Waals surface area contributed by atoms with Crippen molar-refractivity contribution in [1.82, 2.24) is 24.8 Å². The number of nitrogens with zero attached hydrogens (tertiary/aromatic N) is 4. The maximum atomic E-state index is 6.35. The average Bonchev–Trinajstić information content (AvgIpc) is 3.27. The number of halogens is 1. The topological polar surface area (TPSA) is 46.0 Å². The van der Waals surface area contributed by atoms with Gasteiger partial charge in [0.15, 0.2) is 5.11 Å². The molecule has 0 spiro atoms. The summed E-state index contributed by atoms with van der Waals surface area (Å²) in [5.41, 5.74) is 8.06. The van der Waals surface area contributed by atoms with Crippen LogP contribution in [-0.2, 0) is 6.54 Å². The second kappa shape index (κ2) is 9.20. The van der Waals surface area contributed by atoms with Crippen molar-refractivity contribution in [2.24, 2.45) is 0 Å². The third kappa shape index (κ3) is 3.97. The first-order valence-electron chi connectivity index (χ1n) is 11.3. The lowest BCUT2D eigenvalue weighted by molar-refractivity contribution is 0.309. The number of nitrogens with one attached hydrogen (secondary N) is 1. The van der Waals surface area contributed by atoms with Crippen molar-refractivity contribution < 1.29 is 0 Å². The molecule has 0 radical (unpaired) electrons. The van der Waals surface area contributed by atoms with E-state index in [1.165, 1.54) is 22.5 Å². The Morgan fingerprint density at radius 3 is 2.47 bits per heavy atom. The Bertz CT molecular complexity index is 1340. The van der Waals surface area contributed by atoms with Gasteiger partial charge in [0.1, 0.15) is 0 Å². The van der Waals surface area contributed by atoms with Crippen LogP contribution in [0.2, 0.25) is 5.02 Å². The molecule has 5 rings (SSSR count). The highest BCUT2D eigenvalue weighted by molar-refractivity contribution is 7.80. The number of hydrogen-bond donors (Lipinski definition) is 1. The lowest BCUT2D eigenvalue weighted by atomic mass is 9.93. The van der Waals surface area contributed by atoms with E-state index in [1.54, 1.807) is 0 Å². The van der Waals surface area contributed by atoms with Crippen LogP contribution in [0.4, 0.5) is 0 Å². The third-order valence-corrected chi connectivity index (χ3v) is 7.26. The van der Waals surface area contributed by atoms with E-state index < -0.39 is 0 Å². The van der Waals surface area contributed by atoms with Crippen LogP contribution in [0.25, 0.3) is 5.69 Å². The van der Waals surface area contributed by atoms with Crippen LogP contribution in [0.15, 0.2) is 73.2 Å². The van der Waals surface area contributed by atoms with E-state index in [9.17, 15) is 0 Å². The fourth-order valence-electron chi connectivity index (χ4n) is 5.02. The SMILES string of the molecule is Cc1c([C@@H]2[C@H](c3ccccn3)NC(=S)N2Cc2ccncc2)c(C)n(-c2cccc(Cl)c2)c1C. The number of hydrogen-bond acceptors (Lipinski definition) is 3. The summed E-state index contributed by atoms with van der Waals surface area (Å²) in [6.45, 7) is 7.22. The average molecular weight is 488 g/mol. The maximum Gasteiger partial charge on any atom is 0.170 e. The minimum atomic E-state index is -0.0671. The summed E-state index contributed by atoms with van der Waals surface area (Å²) in [5, 5.41) is 5.02. The van der Waals surface area contributed by atoms with Crippen LogP contribution in [-0.4, -0.2) is 24.5 Å². The number of aromatic nitrogens is 3. The number of pyridine rings is 2. The fraction of sp³-hybridized carbons (Fsp3) is 0.222. The van der Waals surface area contributed by atoms with Gasteiger partial charge in [-0.3, -0.25) is 9.97 Å². The Balaban J connectivity index is 1.67. The molecule has 4 aromatic rings. The van der Waals surface area contributed by atoms with E-state index >= 15 is 0 Å². The molecule has 1 aromatic carbocycles. The number of rotatable bonds is 5. The zero-order valence-electron chi connectivity index (χ0n) is 19.4. The van der Waals surface area contributed by atoms with Crippen molar-refractivity contribution in [3.8, 4) is 5.69 Å². The molecule has 0 amide bonds. The molecule has 0 saturated carbocycles. The highest BCUT2D eigenvalue weighted by Gasteiger charge is 2.42. The Morgan fingerprint density at radius 2 is 1.76 bits per heavy atom. The zero-order valence-corrected chi connectivity index (χ0v) is 20.9. The first kappa shape index (κ1) is 22.6. The van der Waals surface area contributed by atoms with Crippen molar-refractivity contribution in [2.75, 3.05) is 0 Å². The Morgan fingerprint density at radius 1 is 0.971 bits per heavy atom. The van der Waals surface area contributed by atoms with Crippen LogP contribution in [0.5, 0.6) is 0 Å². The molecule has 5 nitrogen and oxygen atoms in total. The summed E-state index contributed by atoms with van der Waals surface area (Å²) in [7, 11) is 0. The van der Waals surface area contributed by atoms with Crippen LogP contribution in [0.3, 0.4) is 0 Å². The van der Waals surface area contributed by atoms with E-state index in [-0.39, 0.29) is 12.1 Å². The zero-order chi connectivity index (χ0) is 23.8. The summed E-state index contributed by atoms with van der Waals surface area (Å²) in [4.78, 5) is 11.1. The Kier molecular flexibility index (Phi) is 6.11. The van der Waals surface area contributed by atoms with Crippen molar-refractivity contribution in [3.05, 3.63) is 112 Å². The molecule has 0 bridgehead atoms. The minimum Gasteiger partial charge on any atom is -0.352 e. The van der Waals surface area contributed by atoms with Crippen molar-refractivity contribution in [2.45, 2.75) is 39.4 Å². The van der Waals surface area contributed by atoms with Crippen molar-refractivity contribution in [1.29, 1.82) is 0 Å². The molecule has 2 atom stereocenters. The molecular weight excluding hydrogens is 462 g/mol. The second-order valence-electron chi connectivity index (χ2n) is 8.63. The quantitative estimate of drug-likeness (QED) is 0.349.